The van der Waals surface area contributed by atoms with Crippen molar-refractivity contribution in [2.45, 2.75) is 64.6 Å². The summed E-state index contributed by atoms with van der Waals surface area (Å²) >= 11 is 0. The van der Waals surface area contributed by atoms with Gasteiger partial charge in [0.15, 0.2) is 5.65 Å². The lowest BCUT2D eigenvalue weighted by molar-refractivity contribution is 0.0813. The number of aromatic nitrogens is 4. The average Bonchev–Trinajstić information content (AvgIpc) is 3.76. The van der Waals surface area contributed by atoms with Crippen LogP contribution < -0.4 is 19.8 Å². The number of anilines is 6. The predicted octanol–water partition coefficient (Wildman–Crippen LogP) is 5.69. The molecule has 3 aliphatic heterocycles. The number of fused-ring (bicyclic) bond motifs is 2. The molecule has 16 heteroatoms. The minimum Gasteiger partial charge on any atom is -0.369 e. The SMILES string of the molecule is CCN1CCN(C2CCN(c3ccc(Nc4nc(Nc5cccc6c5N(S(C)(=O)=O)CC6)c5cnn(COCC[Si](C)(C)C)c5n4)cc3F)CC2)CC1. The van der Waals surface area contributed by atoms with E-state index >= 15 is 4.39 Å². The van der Waals surface area contributed by atoms with Crippen LogP contribution >= 0.6 is 0 Å². The number of rotatable bonds is 13. The standard InChI is InChI=1S/C37H53FN10O3SSi/c1-6-44-18-20-45(21-19-44)29-13-15-46(16-14-29)33-11-10-28(24-31(33)38)40-37-42-35(30-25-39-47(36(30)43-37)26-51-22-23-53(3,4)5)41-32-9-7-8-27-12-17-48(34(27)32)52(2,49)50/h7-11,24-25,29H,6,12-23,26H2,1-5H3,(H2,40,41,42,43). The molecule has 2 aromatic carbocycles. The van der Waals surface area contributed by atoms with Crippen LogP contribution in [0.5, 0.6) is 0 Å². The van der Waals surface area contributed by atoms with Crippen LogP contribution in [0, 0.1) is 5.82 Å². The summed E-state index contributed by atoms with van der Waals surface area (Å²) < 4.78 is 50.4. The van der Waals surface area contributed by atoms with E-state index < -0.39 is 18.1 Å². The van der Waals surface area contributed by atoms with E-state index in [1.807, 2.05) is 30.3 Å². The molecule has 53 heavy (non-hydrogen) atoms. The van der Waals surface area contributed by atoms with Crippen LogP contribution in [0.25, 0.3) is 11.0 Å². The predicted molar refractivity (Wildman–Crippen MR) is 214 cm³/mol. The van der Waals surface area contributed by atoms with Crippen molar-refractivity contribution in [1.82, 2.24) is 29.5 Å². The highest BCUT2D eigenvalue weighted by Crippen LogP contribution is 2.39. The molecule has 0 spiro atoms. The van der Waals surface area contributed by atoms with Gasteiger partial charge in [0.2, 0.25) is 16.0 Å². The molecule has 0 unspecified atom stereocenters. The first-order valence-electron chi connectivity index (χ1n) is 18.8. The Balaban J connectivity index is 1.12. The number of para-hydroxylation sites is 1. The average molecular weight is 765 g/mol. The molecular formula is C37H53FN10O3SSi. The van der Waals surface area contributed by atoms with Crippen LogP contribution in [0.4, 0.5) is 38.9 Å². The molecule has 0 radical (unpaired) electrons. The molecule has 0 amide bonds. The van der Waals surface area contributed by atoms with E-state index in [0.29, 0.717) is 65.2 Å². The van der Waals surface area contributed by atoms with E-state index in [-0.39, 0.29) is 18.5 Å². The summed E-state index contributed by atoms with van der Waals surface area (Å²) in [4.78, 5) is 16.9. The molecule has 2 N–H and O–H groups in total. The molecule has 0 atom stereocenters. The fourth-order valence-electron chi connectivity index (χ4n) is 7.60. The summed E-state index contributed by atoms with van der Waals surface area (Å²) in [5.74, 6) is 0.384. The molecule has 0 saturated carbocycles. The van der Waals surface area contributed by atoms with E-state index in [1.165, 1.54) is 16.6 Å². The highest BCUT2D eigenvalue weighted by Gasteiger charge is 2.30. The number of nitrogens with zero attached hydrogens (tertiary/aromatic N) is 8. The number of piperidine rings is 1. The van der Waals surface area contributed by atoms with E-state index in [9.17, 15) is 8.42 Å². The Morgan fingerprint density at radius 1 is 0.981 bits per heavy atom. The molecule has 2 fully saturated rings. The van der Waals surface area contributed by atoms with Crippen LogP contribution in [-0.4, -0.2) is 117 Å². The molecule has 2 aromatic heterocycles. The summed E-state index contributed by atoms with van der Waals surface area (Å²) in [7, 11) is -4.78. The summed E-state index contributed by atoms with van der Waals surface area (Å²) in [6.45, 7) is 17.6. The Morgan fingerprint density at radius 3 is 2.45 bits per heavy atom. The van der Waals surface area contributed by atoms with Crippen molar-refractivity contribution >= 4 is 63.6 Å². The highest BCUT2D eigenvalue weighted by atomic mass is 32.2. The summed E-state index contributed by atoms with van der Waals surface area (Å²) in [5.41, 5.74) is 3.80. The molecule has 286 valence electrons. The Labute approximate surface area is 313 Å². The smallest absolute Gasteiger partial charge is 0.232 e. The summed E-state index contributed by atoms with van der Waals surface area (Å²) in [6.07, 6.45) is 5.57. The zero-order valence-corrected chi connectivity index (χ0v) is 33.4. The van der Waals surface area contributed by atoms with E-state index in [1.54, 1.807) is 10.9 Å². The molecule has 2 saturated heterocycles. The van der Waals surface area contributed by atoms with Gasteiger partial charge in [-0.3, -0.25) is 9.21 Å². The highest BCUT2D eigenvalue weighted by molar-refractivity contribution is 7.92. The first kappa shape index (κ1) is 37.5. The molecular weight excluding hydrogens is 712 g/mol. The molecule has 0 aliphatic carbocycles. The van der Waals surface area contributed by atoms with Crippen molar-refractivity contribution in [3.05, 3.63) is 54.0 Å². The van der Waals surface area contributed by atoms with Gasteiger partial charge in [0, 0.05) is 72.2 Å². The zero-order chi connectivity index (χ0) is 37.3. The number of halogens is 1. The maximum atomic E-state index is 15.8. The Morgan fingerprint density at radius 2 is 1.75 bits per heavy atom. The van der Waals surface area contributed by atoms with Gasteiger partial charge in [-0.05, 0) is 61.7 Å². The second-order valence-electron chi connectivity index (χ2n) is 15.6. The Kier molecular flexibility index (Phi) is 11.0. The maximum Gasteiger partial charge on any atom is 0.232 e. The zero-order valence-electron chi connectivity index (χ0n) is 31.6. The van der Waals surface area contributed by atoms with Crippen LogP contribution in [0.1, 0.15) is 25.3 Å². The minimum atomic E-state index is -3.49. The maximum absolute atomic E-state index is 15.8. The first-order valence-corrected chi connectivity index (χ1v) is 24.4. The van der Waals surface area contributed by atoms with Gasteiger partial charge >= 0.3 is 0 Å². The second-order valence-corrected chi connectivity index (χ2v) is 23.2. The lowest BCUT2D eigenvalue weighted by atomic mass is 10.0. The van der Waals surface area contributed by atoms with Gasteiger partial charge in [0.05, 0.1) is 34.9 Å². The minimum absolute atomic E-state index is 0.210. The third-order valence-electron chi connectivity index (χ3n) is 10.7. The van der Waals surface area contributed by atoms with Crippen molar-refractivity contribution < 1.29 is 17.5 Å². The van der Waals surface area contributed by atoms with Crippen molar-refractivity contribution in [2.24, 2.45) is 0 Å². The van der Waals surface area contributed by atoms with Gasteiger partial charge in [-0.2, -0.15) is 15.1 Å². The summed E-state index contributed by atoms with van der Waals surface area (Å²) in [5, 5.41) is 11.9. The molecule has 5 heterocycles. The third-order valence-corrected chi connectivity index (χ3v) is 13.6. The number of hydrogen-bond donors (Lipinski definition) is 2. The second kappa shape index (κ2) is 15.5. The van der Waals surface area contributed by atoms with E-state index in [4.69, 9.17) is 14.7 Å². The molecule has 3 aliphatic rings. The fraction of sp³-hybridized carbons (Fsp3) is 0.541. The van der Waals surface area contributed by atoms with Crippen molar-refractivity contribution in [3.8, 4) is 0 Å². The van der Waals surface area contributed by atoms with E-state index in [0.717, 1.165) is 70.3 Å². The van der Waals surface area contributed by atoms with Crippen molar-refractivity contribution in [1.29, 1.82) is 0 Å². The fourth-order valence-corrected chi connectivity index (χ4v) is 9.33. The molecule has 13 nitrogen and oxygen atoms in total. The van der Waals surface area contributed by atoms with Crippen molar-refractivity contribution in [3.63, 3.8) is 0 Å². The van der Waals surface area contributed by atoms with Gasteiger partial charge in [0.1, 0.15) is 18.4 Å². The normalized spacial score (nSPS) is 17.8. The third kappa shape index (κ3) is 8.61. The number of benzene rings is 2. The number of piperazine rings is 1. The molecule has 4 aromatic rings. The Bertz CT molecular complexity index is 2020. The number of hydrogen-bond acceptors (Lipinski definition) is 11. The Hall–Kier alpha value is -3.83. The van der Waals surface area contributed by atoms with Crippen molar-refractivity contribution in [2.75, 3.05) is 85.1 Å². The monoisotopic (exact) mass is 764 g/mol. The lowest BCUT2D eigenvalue weighted by Crippen LogP contribution is -2.53. The molecule has 0 bridgehead atoms. The first-order chi connectivity index (χ1) is 25.4. The van der Waals surface area contributed by atoms with Crippen LogP contribution in [0.15, 0.2) is 42.6 Å². The van der Waals surface area contributed by atoms with Crippen LogP contribution in [-0.2, 0) is 27.9 Å². The molecule has 7 rings (SSSR count). The lowest BCUT2D eigenvalue weighted by Gasteiger charge is -2.43. The summed E-state index contributed by atoms with van der Waals surface area (Å²) in [6, 6.07) is 12.5. The topological polar surface area (TPSA) is 124 Å². The number of likely N-dealkylation sites (N-methyl/N-ethyl adjacent to an activating group) is 1. The van der Waals surface area contributed by atoms with Gasteiger partial charge in [-0.15, -0.1) is 0 Å². The number of nitrogens with one attached hydrogen (secondary N) is 2. The van der Waals surface area contributed by atoms with Crippen LogP contribution in [0.2, 0.25) is 25.7 Å². The van der Waals surface area contributed by atoms with Gasteiger partial charge < -0.3 is 25.2 Å². The van der Waals surface area contributed by atoms with Gasteiger partial charge in [-0.25, -0.2) is 17.5 Å². The van der Waals surface area contributed by atoms with Crippen LogP contribution in [0.3, 0.4) is 0 Å². The number of ether oxygens (including phenoxy) is 1. The largest absolute Gasteiger partial charge is 0.369 e. The van der Waals surface area contributed by atoms with Gasteiger partial charge in [0.25, 0.3) is 0 Å². The van der Waals surface area contributed by atoms with Gasteiger partial charge in [-0.1, -0.05) is 38.7 Å². The van der Waals surface area contributed by atoms with E-state index in [2.05, 4.69) is 57.0 Å². The number of sulfonamides is 1. The quantitative estimate of drug-likeness (QED) is 0.129.